The Kier molecular flexibility index (Phi) is 2.58. The number of halogens is 1. The van der Waals surface area contributed by atoms with Crippen LogP contribution in [0, 0.1) is 0 Å². The first-order chi connectivity index (χ1) is 8.24. The van der Waals surface area contributed by atoms with Crippen LogP contribution in [0.15, 0.2) is 34.1 Å². The molecule has 0 bridgehead atoms. The Bertz CT molecular complexity index is 651. The molecule has 0 saturated heterocycles. The lowest BCUT2D eigenvalue weighted by molar-refractivity contribution is 0.187. The van der Waals surface area contributed by atoms with E-state index in [1.54, 1.807) is 29.6 Å². The molecule has 4 nitrogen and oxygen atoms in total. The van der Waals surface area contributed by atoms with Crippen LogP contribution >= 0.6 is 23.1 Å². The Hall–Kier alpha value is -1.43. The molecular weight excluding hydrogens is 260 g/mol. The predicted molar refractivity (Wildman–Crippen MR) is 65.2 cm³/mol. The van der Waals surface area contributed by atoms with E-state index in [0.717, 1.165) is 5.39 Å². The van der Waals surface area contributed by atoms with Gasteiger partial charge in [0, 0.05) is 15.8 Å². The van der Waals surface area contributed by atoms with Gasteiger partial charge >= 0.3 is 0 Å². The third-order valence-corrected chi connectivity index (χ3v) is 3.18. The van der Waals surface area contributed by atoms with Crippen molar-refractivity contribution in [2.75, 3.05) is 0 Å². The number of nitrogens with zero attached hydrogens (tertiary/aromatic N) is 2. The normalized spacial score (nSPS) is 13.1. The fourth-order valence-corrected chi connectivity index (χ4v) is 2.26. The lowest BCUT2D eigenvalue weighted by atomic mass is 10.2. The molecule has 0 aliphatic heterocycles. The second-order valence-corrected chi connectivity index (χ2v) is 4.61. The minimum atomic E-state index is -0.889. The van der Waals surface area contributed by atoms with Gasteiger partial charge in [-0.25, -0.2) is 0 Å². The molecule has 17 heavy (non-hydrogen) atoms. The van der Waals surface area contributed by atoms with Crippen molar-refractivity contribution in [3.05, 3.63) is 46.1 Å². The van der Waals surface area contributed by atoms with Gasteiger partial charge in [-0.15, -0.1) is 5.10 Å². The highest BCUT2D eigenvalue weighted by Gasteiger charge is 2.17. The maximum Gasteiger partial charge on any atom is 0.156 e. The van der Waals surface area contributed by atoms with Crippen LogP contribution in [0.1, 0.15) is 17.6 Å². The van der Waals surface area contributed by atoms with Crippen LogP contribution in [0.25, 0.3) is 11.0 Å². The van der Waals surface area contributed by atoms with Gasteiger partial charge < -0.3 is 9.52 Å². The van der Waals surface area contributed by atoms with E-state index in [1.165, 1.54) is 11.5 Å². The van der Waals surface area contributed by atoms with E-state index >= 15 is 0 Å². The molecule has 0 fully saturated rings. The number of benzene rings is 1. The first-order valence-corrected chi connectivity index (χ1v) is 6.09. The monoisotopic (exact) mass is 266 g/mol. The number of aliphatic hydroxyl groups excluding tert-OH is 1. The molecule has 1 aromatic carbocycles. The van der Waals surface area contributed by atoms with Gasteiger partial charge in [0.2, 0.25) is 0 Å². The van der Waals surface area contributed by atoms with Gasteiger partial charge in [-0.1, -0.05) is 16.1 Å². The van der Waals surface area contributed by atoms with Crippen LogP contribution in [0.3, 0.4) is 0 Å². The van der Waals surface area contributed by atoms with Crippen molar-refractivity contribution in [1.82, 2.24) is 9.59 Å². The SMILES string of the molecule is OC(c1csnn1)c1cc2cc(Cl)ccc2o1. The number of furan rings is 1. The van der Waals surface area contributed by atoms with Gasteiger partial charge in [-0.3, -0.25) is 0 Å². The fraction of sp³-hybridized carbons (Fsp3) is 0.0909. The molecule has 0 aliphatic carbocycles. The fourth-order valence-electron chi connectivity index (χ4n) is 1.61. The summed E-state index contributed by atoms with van der Waals surface area (Å²) in [5.41, 5.74) is 1.17. The lowest BCUT2D eigenvalue weighted by Crippen LogP contribution is -1.97. The number of aliphatic hydroxyl groups is 1. The summed E-state index contributed by atoms with van der Waals surface area (Å²) in [5, 5.41) is 17.0. The number of hydrogen-bond acceptors (Lipinski definition) is 5. The Morgan fingerprint density at radius 1 is 1.35 bits per heavy atom. The zero-order chi connectivity index (χ0) is 11.8. The van der Waals surface area contributed by atoms with Gasteiger partial charge in [0.25, 0.3) is 0 Å². The third kappa shape index (κ3) is 1.93. The van der Waals surface area contributed by atoms with Crippen LogP contribution in [0.5, 0.6) is 0 Å². The maximum atomic E-state index is 10.0. The van der Waals surface area contributed by atoms with Crippen molar-refractivity contribution < 1.29 is 9.52 Å². The van der Waals surface area contributed by atoms with E-state index in [9.17, 15) is 5.11 Å². The molecule has 1 unspecified atom stereocenters. The molecule has 0 spiro atoms. The van der Waals surface area contributed by atoms with Gasteiger partial charge in [0.15, 0.2) is 6.10 Å². The predicted octanol–water partition coefficient (Wildman–Crippen LogP) is 3.02. The molecule has 1 N–H and O–H groups in total. The summed E-state index contributed by atoms with van der Waals surface area (Å²) in [6.45, 7) is 0. The summed E-state index contributed by atoms with van der Waals surface area (Å²) < 4.78 is 9.24. The molecule has 2 aromatic heterocycles. The van der Waals surface area contributed by atoms with Gasteiger partial charge in [0.1, 0.15) is 17.0 Å². The second-order valence-electron chi connectivity index (χ2n) is 3.56. The zero-order valence-electron chi connectivity index (χ0n) is 8.50. The zero-order valence-corrected chi connectivity index (χ0v) is 10.1. The molecule has 86 valence electrons. The van der Waals surface area contributed by atoms with E-state index in [1.807, 2.05) is 0 Å². The molecule has 0 saturated carbocycles. The summed E-state index contributed by atoms with van der Waals surface area (Å²) in [7, 11) is 0. The Labute approximate surface area is 106 Å². The third-order valence-electron chi connectivity index (χ3n) is 2.42. The average molecular weight is 267 g/mol. The van der Waals surface area contributed by atoms with Gasteiger partial charge in [-0.05, 0) is 35.8 Å². The van der Waals surface area contributed by atoms with E-state index in [-0.39, 0.29) is 0 Å². The summed E-state index contributed by atoms with van der Waals surface area (Å²) in [5.74, 6) is 0.440. The van der Waals surface area contributed by atoms with Gasteiger partial charge in [-0.2, -0.15) is 0 Å². The lowest BCUT2D eigenvalue weighted by Gasteiger charge is -2.01. The van der Waals surface area contributed by atoms with Crippen LogP contribution in [0.2, 0.25) is 5.02 Å². The van der Waals surface area contributed by atoms with Crippen LogP contribution in [-0.4, -0.2) is 14.7 Å². The summed E-state index contributed by atoms with van der Waals surface area (Å²) in [6, 6.07) is 7.06. The highest BCUT2D eigenvalue weighted by molar-refractivity contribution is 7.03. The number of aromatic nitrogens is 2. The highest BCUT2D eigenvalue weighted by atomic mass is 35.5. The number of fused-ring (bicyclic) bond motifs is 1. The molecule has 3 rings (SSSR count). The topological polar surface area (TPSA) is 59.2 Å². The van der Waals surface area contributed by atoms with Crippen molar-refractivity contribution in [1.29, 1.82) is 0 Å². The van der Waals surface area contributed by atoms with Crippen molar-refractivity contribution in [3.8, 4) is 0 Å². The van der Waals surface area contributed by atoms with E-state index in [2.05, 4.69) is 9.59 Å². The Morgan fingerprint density at radius 3 is 3.00 bits per heavy atom. The summed E-state index contributed by atoms with van der Waals surface area (Å²) >= 11 is 7.07. The molecule has 6 heteroatoms. The molecule has 0 amide bonds. The van der Waals surface area contributed by atoms with E-state index in [4.69, 9.17) is 16.0 Å². The Balaban J connectivity index is 2.06. The maximum absolute atomic E-state index is 10.0. The highest BCUT2D eigenvalue weighted by Crippen LogP contribution is 2.29. The molecule has 3 aromatic rings. The van der Waals surface area contributed by atoms with Crippen LogP contribution in [-0.2, 0) is 0 Å². The van der Waals surface area contributed by atoms with Gasteiger partial charge in [0.05, 0.1) is 0 Å². The summed E-state index contributed by atoms with van der Waals surface area (Å²) in [6.07, 6.45) is -0.889. The van der Waals surface area contributed by atoms with E-state index < -0.39 is 6.10 Å². The first-order valence-electron chi connectivity index (χ1n) is 4.88. The van der Waals surface area contributed by atoms with Crippen molar-refractivity contribution in [2.45, 2.75) is 6.10 Å². The Morgan fingerprint density at radius 2 is 2.24 bits per heavy atom. The smallest absolute Gasteiger partial charge is 0.156 e. The van der Waals surface area contributed by atoms with Crippen molar-refractivity contribution in [2.24, 2.45) is 0 Å². The molecule has 2 heterocycles. The number of hydrogen-bond donors (Lipinski definition) is 1. The molecule has 1 atom stereocenters. The summed E-state index contributed by atoms with van der Waals surface area (Å²) in [4.78, 5) is 0. The number of rotatable bonds is 2. The largest absolute Gasteiger partial charge is 0.458 e. The molecule has 0 aliphatic rings. The van der Waals surface area contributed by atoms with Crippen LogP contribution < -0.4 is 0 Å². The standard InChI is InChI=1S/C11H7ClN2O2S/c12-7-1-2-9-6(3-7)4-10(16-9)11(15)8-5-17-14-13-8/h1-5,11,15H. The average Bonchev–Trinajstić information content (AvgIpc) is 2.96. The molecular formula is C11H7ClN2O2S. The second kappa shape index (κ2) is 4.10. The quantitative estimate of drug-likeness (QED) is 0.775. The van der Waals surface area contributed by atoms with Crippen molar-refractivity contribution >= 4 is 34.1 Å². The minimum absolute atomic E-state index is 0.440. The first kappa shape index (κ1) is 10.7. The minimum Gasteiger partial charge on any atom is -0.458 e. The van der Waals surface area contributed by atoms with E-state index in [0.29, 0.717) is 22.1 Å². The van der Waals surface area contributed by atoms with Crippen molar-refractivity contribution in [3.63, 3.8) is 0 Å². The molecule has 0 radical (unpaired) electrons. The van der Waals surface area contributed by atoms with Crippen LogP contribution in [0.4, 0.5) is 0 Å².